The average molecular weight is 870 g/mol. The molecule has 12 N–H and O–H groups in total. The van der Waals surface area contributed by atoms with Gasteiger partial charge in [-0.1, -0.05) is 0 Å². The van der Waals surface area contributed by atoms with E-state index < -0.39 is 89.6 Å². The molecule has 0 aliphatic carbocycles. The van der Waals surface area contributed by atoms with Gasteiger partial charge >= 0.3 is 18.3 Å². The number of aliphatic hydroxyl groups excluding tert-OH is 3. The number of pyridine rings is 3. The maximum absolute atomic E-state index is 12.8. The minimum atomic E-state index is -1.87. The van der Waals surface area contributed by atoms with Gasteiger partial charge in [-0.3, -0.25) is 14.4 Å². The van der Waals surface area contributed by atoms with E-state index in [1.807, 2.05) is 0 Å². The summed E-state index contributed by atoms with van der Waals surface area (Å²) in [4.78, 5) is 77.2. The summed E-state index contributed by atoms with van der Waals surface area (Å²) in [5.41, 5.74) is -3.58. The van der Waals surface area contributed by atoms with Crippen molar-refractivity contribution in [3.8, 4) is 17.2 Å². The molecule has 0 aromatic carbocycles. The number of nitrogens with one attached hydrogen (secondary N) is 3. The lowest BCUT2D eigenvalue weighted by molar-refractivity contribution is 0.0248. The Hall–Kier alpha value is -6.22. The van der Waals surface area contributed by atoms with E-state index >= 15 is 0 Å². The third-order valence-electron chi connectivity index (χ3n) is 9.02. The van der Waals surface area contributed by atoms with Crippen LogP contribution in [0.3, 0.4) is 0 Å². The van der Waals surface area contributed by atoms with Crippen molar-refractivity contribution in [2.45, 2.75) is 57.4 Å². The summed E-state index contributed by atoms with van der Waals surface area (Å²) in [6, 6.07) is 2.99. The number of hydrogen-bond acceptors (Lipinski definition) is 16. The van der Waals surface area contributed by atoms with E-state index in [0.717, 1.165) is 23.1 Å². The van der Waals surface area contributed by atoms with E-state index in [1.54, 1.807) is 0 Å². The highest BCUT2D eigenvalue weighted by Gasteiger charge is 2.39. The molecule has 0 aliphatic heterocycles. The summed E-state index contributed by atoms with van der Waals surface area (Å²) >= 11 is 0. The first-order valence-electron chi connectivity index (χ1n) is 18.7. The van der Waals surface area contributed by atoms with E-state index in [9.17, 15) is 59.4 Å². The van der Waals surface area contributed by atoms with Crippen molar-refractivity contribution in [2.24, 2.45) is 0 Å². The second-order valence-electron chi connectivity index (χ2n) is 13.0. The fourth-order valence-electron chi connectivity index (χ4n) is 6.39. The molecular formula is C36H51N7O18. The number of nitrogens with zero attached hydrogens (tertiary/aromatic N) is 4. The first-order chi connectivity index (χ1) is 29.1. The molecule has 3 unspecified atom stereocenters. The molecule has 3 heterocycles. The zero-order chi connectivity index (χ0) is 45.1. The van der Waals surface area contributed by atoms with Gasteiger partial charge in [-0.05, 0) is 0 Å². The summed E-state index contributed by atoms with van der Waals surface area (Å²) in [6.07, 6.45) is -9.48. The third kappa shape index (κ3) is 14.8. The Bertz CT molecular complexity index is 1860. The highest BCUT2D eigenvalue weighted by molar-refractivity contribution is 5.66. The molecule has 3 aromatic rings. The van der Waals surface area contributed by atoms with Crippen molar-refractivity contribution in [1.82, 2.24) is 34.6 Å². The molecule has 3 rings (SSSR count). The Labute approximate surface area is 345 Å². The SMILES string of the molecule is O=C(O)NC(Cc1c(O)c(=O)ccn1CCOCCO)N(C(Cc1c(O)c(=O)ccn1CCOCCO)NC(=O)O)C(Cc1c(O)c(=O)ccn1CCOCCO)NC(=O)O. The topological polar surface area (TPSA) is 366 Å². The Morgan fingerprint density at radius 2 is 0.770 bits per heavy atom. The molecule has 0 saturated carbocycles. The molecule has 338 valence electrons. The highest BCUT2D eigenvalue weighted by atomic mass is 16.5. The smallest absolute Gasteiger partial charge is 0.405 e. The molecule has 0 aliphatic rings. The van der Waals surface area contributed by atoms with Gasteiger partial charge in [0.15, 0.2) is 17.2 Å². The van der Waals surface area contributed by atoms with Crippen LogP contribution in [0.2, 0.25) is 0 Å². The first-order valence-corrected chi connectivity index (χ1v) is 18.7. The molecule has 0 radical (unpaired) electrons. The predicted octanol–water partition coefficient (Wildman–Crippen LogP) is -2.57. The molecule has 0 spiro atoms. The van der Waals surface area contributed by atoms with Crippen LogP contribution in [0, 0.1) is 0 Å². The summed E-state index contributed by atoms with van der Waals surface area (Å²) in [7, 11) is 0. The van der Waals surface area contributed by atoms with Crippen LogP contribution in [0.15, 0.2) is 51.2 Å². The van der Waals surface area contributed by atoms with Crippen molar-refractivity contribution in [3.63, 3.8) is 0 Å². The van der Waals surface area contributed by atoms with Crippen LogP contribution in [0.4, 0.5) is 14.4 Å². The maximum Gasteiger partial charge on any atom is 0.405 e. The molecule has 25 nitrogen and oxygen atoms in total. The number of aliphatic hydroxyl groups is 3. The van der Waals surface area contributed by atoms with Gasteiger partial charge in [-0.2, -0.15) is 0 Å². The summed E-state index contributed by atoms with van der Waals surface area (Å²) in [6.45, 7) is -1.83. The van der Waals surface area contributed by atoms with Crippen molar-refractivity contribution < 1.29 is 74.6 Å². The van der Waals surface area contributed by atoms with Crippen LogP contribution in [-0.4, -0.2) is 161 Å². The van der Waals surface area contributed by atoms with Crippen molar-refractivity contribution >= 4 is 18.3 Å². The lowest BCUT2D eigenvalue weighted by atomic mass is 10.1. The molecule has 0 fully saturated rings. The minimum absolute atomic E-state index is 0.0838. The lowest BCUT2D eigenvalue weighted by Gasteiger charge is -2.43. The van der Waals surface area contributed by atoms with Crippen LogP contribution < -0.4 is 32.2 Å². The molecule has 3 atom stereocenters. The van der Waals surface area contributed by atoms with Gasteiger partial charge in [0.05, 0.1) is 95.0 Å². The van der Waals surface area contributed by atoms with Gasteiger partial charge < -0.3 is 89.8 Å². The second kappa shape index (κ2) is 24.8. The molecule has 3 aromatic heterocycles. The zero-order valence-corrected chi connectivity index (χ0v) is 32.8. The molecule has 3 amide bonds. The van der Waals surface area contributed by atoms with E-state index in [0.29, 0.717) is 0 Å². The summed E-state index contributed by atoms with van der Waals surface area (Å²) in [5, 5.41) is 98.0. The Morgan fingerprint density at radius 3 is 1.00 bits per heavy atom. The number of rotatable bonds is 27. The minimum Gasteiger partial charge on any atom is -0.503 e. The number of carboxylic acid groups (broad SMARTS) is 3. The molecule has 61 heavy (non-hydrogen) atoms. The largest absolute Gasteiger partial charge is 0.503 e. The van der Waals surface area contributed by atoms with Crippen LogP contribution in [-0.2, 0) is 53.1 Å². The van der Waals surface area contributed by atoms with Gasteiger partial charge in [-0.15, -0.1) is 0 Å². The molecule has 0 saturated heterocycles. The van der Waals surface area contributed by atoms with Gasteiger partial charge in [0, 0.05) is 75.7 Å². The lowest BCUT2D eigenvalue weighted by Crippen LogP contribution is -2.66. The quantitative estimate of drug-likeness (QED) is 0.0277. The fourth-order valence-corrected chi connectivity index (χ4v) is 6.39. The van der Waals surface area contributed by atoms with E-state index in [1.165, 1.54) is 32.3 Å². The normalized spacial score (nSPS) is 12.8. The third-order valence-corrected chi connectivity index (χ3v) is 9.02. The Morgan fingerprint density at radius 1 is 0.508 bits per heavy atom. The number of carbonyl (C=O) groups is 3. The number of aromatic hydroxyl groups is 3. The van der Waals surface area contributed by atoms with Gasteiger partial charge in [-0.25, -0.2) is 19.3 Å². The number of ether oxygens (including phenoxy) is 3. The second-order valence-corrected chi connectivity index (χ2v) is 13.0. The van der Waals surface area contributed by atoms with Crippen LogP contribution >= 0.6 is 0 Å². The zero-order valence-electron chi connectivity index (χ0n) is 32.8. The van der Waals surface area contributed by atoms with E-state index in [2.05, 4.69) is 16.0 Å². The number of amides is 3. The predicted molar refractivity (Wildman–Crippen MR) is 209 cm³/mol. The van der Waals surface area contributed by atoms with E-state index in [-0.39, 0.29) is 96.2 Å². The number of aromatic nitrogens is 3. The summed E-state index contributed by atoms with van der Waals surface area (Å²) in [5.74, 6) is -2.66. The summed E-state index contributed by atoms with van der Waals surface area (Å²) < 4.78 is 19.9. The van der Waals surface area contributed by atoms with Gasteiger partial charge in [0.25, 0.3) is 0 Å². The Kier molecular flexibility index (Phi) is 20.0. The monoisotopic (exact) mass is 869 g/mol. The standard InChI is InChI=1S/C36H51N7O18/c44-10-16-59-13-7-40-4-1-25(47)31(50)22(40)19-28(37-34(53)54)43(29(38-35(55)56)20-23-32(51)26(48)2-5-41(23)8-14-60-17-11-45)30(39-36(57)58)21-24-33(52)27(49)3-6-42(24)9-15-61-18-12-46/h1-6,28-30,37-39,44-46,50-52H,7-21H2,(H,53,54)(H,55,56)(H,57,58). The number of hydrogen-bond donors (Lipinski definition) is 12. The van der Waals surface area contributed by atoms with Crippen molar-refractivity contribution in [1.29, 1.82) is 0 Å². The molecular weight excluding hydrogens is 818 g/mol. The average Bonchev–Trinajstić information content (AvgIpc) is 3.20. The highest BCUT2D eigenvalue weighted by Crippen LogP contribution is 2.25. The van der Waals surface area contributed by atoms with Crippen molar-refractivity contribution in [3.05, 3.63) is 84.5 Å². The van der Waals surface area contributed by atoms with Crippen LogP contribution in [0.5, 0.6) is 17.2 Å². The first kappa shape index (κ1) is 49.1. The van der Waals surface area contributed by atoms with Crippen LogP contribution in [0.25, 0.3) is 0 Å². The van der Waals surface area contributed by atoms with Gasteiger partial charge in [0.1, 0.15) is 0 Å². The Balaban J connectivity index is 2.40. The molecule has 0 bridgehead atoms. The maximum atomic E-state index is 12.8. The van der Waals surface area contributed by atoms with E-state index in [4.69, 9.17) is 29.5 Å². The fraction of sp³-hybridized carbons (Fsp3) is 0.500. The van der Waals surface area contributed by atoms with Crippen LogP contribution in [0.1, 0.15) is 17.1 Å². The molecule has 25 heteroatoms. The van der Waals surface area contributed by atoms with Gasteiger partial charge in [0.2, 0.25) is 16.3 Å². The van der Waals surface area contributed by atoms with Crippen molar-refractivity contribution in [2.75, 3.05) is 59.5 Å².